The van der Waals surface area contributed by atoms with Gasteiger partial charge in [0.1, 0.15) is 0 Å². The first-order chi connectivity index (χ1) is 7.68. The molecule has 1 heterocycles. The van der Waals surface area contributed by atoms with Crippen LogP contribution in [0.15, 0.2) is 28.7 Å². The number of hydrogen-bond acceptors (Lipinski definition) is 2. The van der Waals surface area contributed by atoms with E-state index in [4.69, 9.17) is 5.73 Å². The van der Waals surface area contributed by atoms with Crippen LogP contribution in [0, 0.1) is 5.92 Å². The maximum absolute atomic E-state index is 6.37. The van der Waals surface area contributed by atoms with Crippen molar-refractivity contribution < 1.29 is 0 Å². The molecule has 3 heteroatoms. The van der Waals surface area contributed by atoms with Gasteiger partial charge in [0.15, 0.2) is 0 Å². The fourth-order valence-corrected chi connectivity index (χ4v) is 2.94. The van der Waals surface area contributed by atoms with Crippen molar-refractivity contribution in [1.82, 2.24) is 4.90 Å². The van der Waals surface area contributed by atoms with Crippen LogP contribution < -0.4 is 5.73 Å². The number of hydrogen-bond donors (Lipinski definition) is 1. The Labute approximate surface area is 106 Å². The zero-order chi connectivity index (χ0) is 11.5. The predicted molar refractivity (Wildman–Crippen MR) is 71.3 cm³/mol. The van der Waals surface area contributed by atoms with E-state index in [1.54, 1.807) is 0 Å². The number of likely N-dealkylation sites (tertiary alicyclic amines) is 1. The van der Waals surface area contributed by atoms with E-state index in [9.17, 15) is 0 Å². The summed E-state index contributed by atoms with van der Waals surface area (Å²) in [4.78, 5) is 2.38. The molecule has 0 aliphatic carbocycles. The van der Waals surface area contributed by atoms with E-state index in [0.717, 1.165) is 4.47 Å². The van der Waals surface area contributed by atoms with E-state index in [-0.39, 0.29) is 6.04 Å². The van der Waals surface area contributed by atoms with E-state index >= 15 is 0 Å². The quantitative estimate of drug-likeness (QED) is 0.904. The maximum atomic E-state index is 6.37. The highest BCUT2D eigenvalue weighted by atomic mass is 79.9. The van der Waals surface area contributed by atoms with Gasteiger partial charge in [0.2, 0.25) is 0 Å². The molecule has 0 aromatic heterocycles. The molecule has 1 atom stereocenters. The largest absolute Gasteiger partial charge is 0.324 e. The van der Waals surface area contributed by atoms with Gasteiger partial charge in [-0.3, -0.25) is 0 Å². The smallest absolute Gasteiger partial charge is 0.0335 e. The normalized spacial score (nSPS) is 20.9. The van der Waals surface area contributed by atoms with Crippen LogP contribution in [-0.4, -0.2) is 25.0 Å². The van der Waals surface area contributed by atoms with Gasteiger partial charge in [-0.2, -0.15) is 0 Å². The van der Waals surface area contributed by atoms with Crippen molar-refractivity contribution in [2.24, 2.45) is 11.7 Å². The first-order valence-electron chi connectivity index (χ1n) is 5.87. The van der Waals surface area contributed by atoms with Crippen LogP contribution in [-0.2, 0) is 0 Å². The molecule has 0 radical (unpaired) electrons. The average molecular weight is 283 g/mol. The summed E-state index contributed by atoms with van der Waals surface area (Å²) in [6.07, 6.45) is 2.41. The van der Waals surface area contributed by atoms with Gasteiger partial charge in [-0.15, -0.1) is 0 Å². The lowest BCUT2D eigenvalue weighted by molar-refractivity contribution is 0.199. The first-order valence-corrected chi connectivity index (χ1v) is 6.66. The molecule has 0 spiro atoms. The molecule has 0 amide bonds. The molecule has 1 aliphatic heterocycles. The molecule has 1 saturated heterocycles. The van der Waals surface area contributed by atoms with Gasteiger partial charge in [0.25, 0.3) is 0 Å². The van der Waals surface area contributed by atoms with E-state index in [1.165, 1.54) is 31.5 Å². The molecular weight excluding hydrogens is 264 g/mol. The van der Waals surface area contributed by atoms with Crippen molar-refractivity contribution in [2.45, 2.75) is 18.9 Å². The third kappa shape index (κ3) is 2.65. The van der Waals surface area contributed by atoms with Crippen LogP contribution in [0.2, 0.25) is 0 Å². The Balaban J connectivity index is 2.07. The van der Waals surface area contributed by atoms with Gasteiger partial charge in [-0.25, -0.2) is 0 Å². The number of nitrogens with zero attached hydrogens (tertiary/aromatic N) is 1. The lowest BCUT2D eigenvalue weighted by Crippen LogP contribution is -2.35. The van der Waals surface area contributed by atoms with Crippen molar-refractivity contribution in [1.29, 1.82) is 0 Å². The second kappa shape index (κ2) is 5.30. The van der Waals surface area contributed by atoms with Crippen molar-refractivity contribution in [2.75, 3.05) is 20.1 Å². The minimum absolute atomic E-state index is 0.171. The summed E-state index contributed by atoms with van der Waals surface area (Å²) < 4.78 is 1.14. The van der Waals surface area contributed by atoms with E-state index in [1.807, 2.05) is 6.07 Å². The molecule has 2 rings (SSSR count). The highest BCUT2D eigenvalue weighted by Crippen LogP contribution is 2.32. The highest BCUT2D eigenvalue weighted by molar-refractivity contribution is 9.10. The molecule has 0 saturated carbocycles. The molecule has 1 aliphatic rings. The van der Waals surface area contributed by atoms with Crippen molar-refractivity contribution in [3.63, 3.8) is 0 Å². The molecular formula is C13H19BrN2. The molecule has 0 bridgehead atoms. The van der Waals surface area contributed by atoms with Crippen LogP contribution in [0.5, 0.6) is 0 Å². The zero-order valence-electron chi connectivity index (χ0n) is 9.70. The summed E-state index contributed by atoms with van der Waals surface area (Å²) in [5.74, 6) is 0.620. The van der Waals surface area contributed by atoms with Gasteiger partial charge in [-0.05, 0) is 50.5 Å². The summed E-state index contributed by atoms with van der Waals surface area (Å²) in [5.41, 5.74) is 7.61. The second-order valence-corrected chi connectivity index (χ2v) is 5.54. The number of benzene rings is 1. The Kier molecular flexibility index (Phi) is 4.00. The molecule has 16 heavy (non-hydrogen) atoms. The summed E-state index contributed by atoms with van der Waals surface area (Å²) >= 11 is 3.58. The zero-order valence-corrected chi connectivity index (χ0v) is 11.3. The van der Waals surface area contributed by atoms with Gasteiger partial charge in [0.05, 0.1) is 0 Å². The first kappa shape index (κ1) is 12.1. The van der Waals surface area contributed by atoms with Crippen molar-refractivity contribution >= 4 is 15.9 Å². The molecule has 1 fully saturated rings. The van der Waals surface area contributed by atoms with E-state index < -0.39 is 0 Å². The third-order valence-electron chi connectivity index (χ3n) is 3.54. The fourth-order valence-electron chi connectivity index (χ4n) is 2.39. The van der Waals surface area contributed by atoms with Crippen LogP contribution in [0.3, 0.4) is 0 Å². The molecule has 2 N–H and O–H groups in total. The Bertz CT molecular complexity index is 346. The molecule has 2 nitrogen and oxygen atoms in total. The standard InChI is InChI=1S/C13H19BrN2/c1-16-8-6-10(7-9-16)13(15)11-4-2-3-5-12(11)14/h2-5,10,13H,6-9,15H2,1H3. The number of halogens is 1. The Morgan fingerprint density at radius 1 is 1.31 bits per heavy atom. The third-order valence-corrected chi connectivity index (χ3v) is 4.26. The number of rotatable bonds is 2. The van der Waals surface area contributed by atoms with Gasteiger partial charge in [0, 0.05) is 10.5 Å². The predicted octanol–water partition coefficient (Wildman–Crippen LogP) is 2.79. The molecule has 1 aromatic carbocycles. The topological polar surface area (TPSA) is 29.3 Å². The van der Waals surface area contributed by atoms with Crippen LogP contribution in [0.4, 0.5) is 0 Å². The van der Waals surface area contributed by atoms with Gasteiger partial charge in [-0.1, -0.05) is 34.1 Å². The minimum Gasteiger partial charge on any atom is -0.324 e. The summed E-state index contributed by atoms with van der Waals surface area (Å²) in [6.45, 7) is 2.34. The Morgan fingerprint density at radius 2 is 1.94 bits per heavy atom. The second-order valence-electron chi connectivity index (χ2n) is 4.69. The van der Waals surface area contributed by atoms with Gasteiger partial charge < -0.3 is 10.6 Å². The lowest BCUT2D eigenvalue weighted by atomic mass is 9.86. The van der Waals surface area contributed by atoms with E-state index in [2.05, 4.69) is 46.1 Å². The summed E-state index contributed by atoms with van der Waals surface area (Å²) in [5, 5.41) is 0. The Morgan fingerprint density at radius 3 is 2.56 bits per heavy atom. The fraction of sp³-hybridized carbons (Fsp3) is 0.538. The van der Waals surface area contributed by atoms with Crippen LogP contribution in [0.1, 0.15) is 24.4 Å². The van der Waals surface area contributed by atoms with Crippen LogP contribution in [0.25, 0.3) is 0 Å². The van der Waals surface area contributed by atoms with Crippen molar-refractivity contribution in [3.8, 4) is 0 Å². The SMILES string of the molecule is CN1CCC(C(N)c2ccccc2Br)CC1. The molecule has 1 unspecified atom stereocenters. The van der Waals surface area contributed by atoms with Gasteiger partial charge >= 0.3 is 0 Å². The van der Waals surface area contributed by atoms with E-state index in [0.29, 0.717) is 5.92 Å². The molecule has 1 aromatic rings. The Hall–Kier alpha value is -0.380. The maximum Gasteiger partial charge on any atom is 0.0335 e. The lowest BCUT2D eigenvalue weighted by Gasteiger charge is -2.33. The highest BCUT2D eigenvalue weighted by Gasteiger charge is 2.24. The summed E-state index contributed by atoms with van der Waals surface area (Å²) in [7, 11) is 2.18. The number of piperidine rings is 1. The monoisotopic (exact) mass is 282 g/mol. The van der Waals surface area contributed by atoms with Crippen LogP contribution >= 0.6 is 15.9 Å². The molecule has 88 valence electrons. The minimum atomic E-state index is 0.171. The number of nitrogens with two attached hydrogens (primary N) is 1. The van der Waals surface area contributed by atoms with Crippen molar-refractivity contribution in [3.05, 3.63) is 34.3 Å². The summed E-state index contributed by atoms with van der Waals surface area (Å²) in [6, 6.07) is 8.48. The average Bonchev–Trinajstić information content (AvgIpc) is 2.30.